The molecule has 0 amide bonds. The molecule has 0 aromatic heterocycles. The molecule has 0 saturated carbocycles. The van der Waals surface area contributed by atoms with Crippen molar-refractivity contribution in [3.63, 3.8) is 0 Å². The van der Waals surface area contributed by atoms with E-state index in [2.05, 4.69) is 0 Å². The Kier molecular flexibility index (Phi) is 3.00. The molecule has 0 aliphatic rings. The second-order valence-corrected chi connectivity index (χ2v) is 10.1. The summed E-state index contributed by atoms with van der Waals surface area (Å²) in [6.45, 7) is 0. The highest BCUT2D eigenvalue weighted by atomic mass is 35.8. The summed E-state index contributed by atoms with van der Waals surface area (Å²) >= 11 is 0. The fourth-order valence-corrected chi connectivity index (χ4v) is 4.21. The minimum atomic E-state index is -4.76. The van der Waals surface area contributed by atoms with E-state index in [0.717, 1.165) is 6.07 Å². The second-order valence-electron chi connectivity index (χ2n) is 3.55. The van der Waals surface area contributed by atoms with Gasteiger partial charge >= 0.3 is 8.08 Å². The smallest absolute Gasteiger partial charge is 0.342 e. The fourth-order valence-electron chi connectivity index (χ4n) is 1.62. The standard InChI is InChI=1S/C10H8ClNO4S2/c11-18(15,16)17(13,14)10-6-5-9(12)7-3-1-2-4-8(7)10/h1-6H,12H2. The molecule has 0 radical (unpaired) electrons. The highest BCUT2D eigenvalue weighted by Crippen LogP contribution is 2.31. The molecule has 96 valence electrons. The van der Waals surface area contributed by atoms with Crippen molar-refractivity contribution in [1.82, 2.24) is 0 Å². The third-order valence-corrected chi connectivity index (χ3v) is 7.47. The Labute approximate surface area is 108 Å². The molecule has 2 rings (SSSR count). The Balaban J connectivity index is 2.96. The number of halogens is 1. The molecule has 0 atom stereocenters. The topological polar surface area (TPSA) is 94.3 Å². The average molecular weight is 306 g/mol. The first-order chi connectivity index (χ1) is 8.25. The van der Waals surface area contributed by atoms with Crippen LogP contribution in [0, 0.1) is 0 Å². The van der Waals surface area contributed by atoms with E-state index in [1.807, 2.05) is 0 Å². The monoisotopic (exact) mass is 305 g/mol. The number of hydrogen-bond donors (Lipinski definition) is 1. The number of benzene rings is 2. The van der Waals surface area contributed by atoms with E-state index in [-0.39, 0.29) is 10.3 Å². The summed E-state index contributed by atoms with van der Waals surface area (Å²) in [5, 5.41) is 0.681. The van der Waals surface area contributed by atoms with E-state index >= 15 is 0 Å². The predicted octanol–water partition coefficient (Wildman–Crippen LogP) is 1.68. The first-order valence-corrected chi connectivity index (χ1v) is 9.03. The summed E-state index contributed by atoms with van der Waals surface area (Å²) < 4.78 is 45.9. The van der Waals surface area contributed by atoms with Gasteiger partial charge in [-0.25, -0.2) is 8.42 Å². The molecule has 0 bridgehead atoms. The van der Waals surface area contributed by atoms with Crippen LogP contribution in [0.25, 0.3) is 10.8 Å². The lowest BCUT2D eigenvalue weighted by Gasteiger charge is -2.07. The van der Waals surface area contributed by atoms with Crippen LogP contribution in [0.3, 0.4) is 0 Å². The zero-order valence-corrected chi connectivity index (χ0v) is 11.3. The van der Waals surface area contributed by atoms with Gasteiger partial charge in [-0.15, -0.1) is 0 Å². The zero-order valence-electron chi connectivity index (χ0n) is 8.87. The third-order valence-electron chi connectivity index (χ3n) is 2.45. The van der Waals surface area contributed by atoms with Crippen molar-refractivity contribution in [3.8, 4) is 0 Å². The van der Waals surface area contributed by atoms with E-state index in [4.69, 9.17) is 16.4 Å². The van der Waals surface area contributed by atoms with Crippen LogP contribution in [0.4, 0.5) is 5.69 Å². The van der Waals surface area contributed by atoms with Gasteiger partial charge in [0.2, 0.25) is 0 Å². The van der Waals surface area contributed by atoms with Crippen LogP contribution in [0.5, 0.6) is 0 Å². The quantitative estimate of drug-likeness (QED) is 0.517. The molecule has 0 fully saturated rings. The lowest BCUT2D eigenvalue weighted by Crippen LogP contribution is -2.10. The Hall–Kier alpha value is -1.31. The number of nitrogens with two attached hydrogens (primary N) is 1. The summed E-state index contributed by atoms with van der Waals surface area (Å²) in [5.74, 6) is 0. The van der Waals surface area contributed by atoms with Crippen molar-refractivity contribution in [2.24, 2.45) is 0 Å². The summed E-state index contributed by atoms with van der Waals surface area (Å²) in [4.78, 5) is -0.373. The fraction of sp³-hybridized carbons (Fsp3) is 0. The first kappa shape index (κ1) is 13.1. The molecule has 18 heavy (non-hydrogen) atoms. The SMILES string of the molecule is Nc1ccc(S(=O)(=O)S(=O)(=O)Cl)c2ccccc12. The van der Waals surface area contributed by atoms with Gasteiger partial charge in [0.05, 0.1) is 4.90 Å². The summed E-state index contributed by atoms with van der Waals surface area (Å²) in [5.41, 5.74) is 6.06. The molecular weight excluding hydrogens is 298 g/mol. The van der Waals surface area contributed by atoms with Crippen LogP contribution in [0.1, 0.15) is 0 Å². The Morgan fingerprint density at radius 1 is 0.889 bits per heavy atom. The number of anilines is 1. The minimum absolute atomic E-state index is 0.224. The highest BCUT2D eigenvalue weighted by Gasteiger charge is 2.31. The molecule has 0 aliphatic carbocycles. The lowest BCUT2D eigenvalue weighted by molar-refractivity contribution is 0.590. The number of fused-ring (bicyclic) bond motifs is 1. The van der Waals surface area contributed by atoms with Crippen molar-refractivity contribution < 1.29 is 16.8 Å². The largest absolute Gasteiger partial charge is 0.398 e. The zero-order chi connectivity index (χ0) is 13.6. The molecule has 0 aliphatic heterocycles. The maximum absolute atomic E-state index is 11.8. The maximum Gasteiger partial charge on any atom is 0.342 e. The van der Waals surface area contributed by atoms with Gasteiger partial charge in [-0.2, -0.15) is 8.42 Å². The van der Waals surface area contributed by atoms with E-state index < -0.39 is 17.0 Å². The average Bonchev–Trinajstić information content (AvgIpc) is 2.28. The molecule has 2 aromatic rings. The summed E-state index contributed by atoms with van der Waals surface area (Å²) in [6.07, 6.45) is 0. The Bertz CT molecular complexity index is 828. The van der Waals surface area contributed by atoms with Crippen molar-refractivity contribution in [3.05, 3.63) is 36.4 Å². The molecule has 2 aromatic carbocycles. The molecular formula is C10H8ClNO4S2. The van der Waals surface area contributed by atoms with E-state index in [9.17, 15) is 16.8 Å². The lowest BCUT2D eigenvalue weighted by atomic mass is 10.1. The molecule has 0 spiro atoms. The van der Waals surface area contributed by atoms with Crippen LogP contribution in [-0.2, 0) is 17.0 Å². The predicted molar refractivity (Wildman–Crippen MR) is 70.3 cm³/mol. The maximum atomic E-state index is 11.8. The molecule has 8 heteroatoms. The summed E-state index contributed by atoms with van der Waals surface area (Å²) in [6, 6.07) is 8.79. The van der Waals surface area contributed by atoms with E-state index in [1.54, 1.807) is 18.2 Å². The number of nitrogen functional groups attached to an aromatic ring is 1. The van der Waals surface area contributed by atoms with Crippen molar-refractivity contribution in [2.75, 3.05) is 5.73 Å². The molecule has 0 heterocycles. The third kappa shape index (κ3) is 1.94. The number of hydrogen-bond acceptors (Lipinski definition) is 5. The minimum Gasteiger partial charge on any atom is -0.398 e. The molecule has 5 nitrogen and oxygen atoms in total. The molecule has 2 N–H and O–H groups in total. The van der Waals surface area contributed by atoms with E-state index in [1.165, 1.54) is 12.1 Å². The summed E-state index contributed by atoms with van der Waals surface area (Å²) in [7, 11) is -4.44. The van der Waals surface area contributed by atoms with Gasteiger partial charge in [-0.05, 0) is 12.1 Å². The van der Waals surface area contributed by atoms with Crippen molar-refractivity contribution in [2.45, 2.75) is 4.90 Å². The van der Waals surface area contributed by atoms with Gasteiger partial charge in [-0.3, -0.25) is 0 Å². The van der Waals surface area contributed by atoms with Crippen LogP contribution in [0.15, 0.2) is 41.3 Å². The van der Waals surface area contributed by atoms with Crippen molar-refractivity contribution in [1.29, 1.82) is 0 Å². The van der Waals surface area contributed by atoms with Crippen molar-refractivity contribution >= 4 is 44.1 Å². The van der Waals surface area contributed by atoms with Crippen LogP contribution in [-0.4, -0.2) is 16.8 Å². The first-order valence-electron chi connectivity index (χ1n) is 4.72. The Morgan fingerprint density at radius 2 is 1.44 bits per heavy atom. The van der Waals surface area contributed by atoms with Crippen LogP contribution < -0.4 is 5.73 Å². The van der Waals surface area contributed by atoms with Gasteiger partial charge < -0.3 is 5.73 Å². The highest BCUT2D eigenvalue weighted by molar-refractivity contribution is 8.75. The van der Waals surface area contributed by atoms with Gasteiger partial charge in [-0.1, -0.05) is 24.3 Å². The number of rotatable bonds is 2. The molecule has 0 saturated heterocycles. The van der Waals surface area contributed by atoms with Gasteiger partial charge in [0.1, 0.15) is 0 Å². The van der Waals surface area contributed by atoms with Crippen LogP contribution in [0.2, 0.25) is 0 Å². The van der Waals surface area contributed by atoms with Gasteiger partial charge in [0, 0.05) is 27.1 Å². The molecule has 0 unspecified atom stereocenters. The normalized spacial score (nSPS) is 12.7. The second kappa shape index (κ2) is 4.11. The van der Waals surface area contributed by atoms with Gasteiger partial charge in [0.15, 0.2) is 0 Å². The van der Waals surface area contributed by atoms with E-state index in [0.29, 0.717) is 11.1 Å². The Morgan fingerprint density at radius 3 is 2.00 bits per heavy atom. The van der Waals surface area contributed by atoms with Crippen LogP contribution >= 0.6 is 10.7 Å². The van der Waals surface area contributed by atoms with Gasteiger partial charge in [0.25, 0.3) is 8.87 Å².